The molecule has 2 N–H and O–H groups in total. The van der Waals surface area contributed by atoms with Crippen molar-refractivity contribution in [3.63, 3.8) is 0 Å². The highest BCUT2D eigenvalue weighted by Crippen LogP contribution is 2.26. The van der Waals surface area contributed by atoms with Crippen LogP contribution in [-0.4, -0.2) is 55.8 Å². The Bertz CT molecular complexity index is 1070. The first-order valence-corrected chi connectivity index (χ1v) is 11.4. The van der Waals surface area contributed by atoms with Crippen LogP contribution in [0.1, 0.15) is 18.7 Å². The maximum atomic E-state index is 5.36. The molecule has 178 valence electrons. The zero-order valence-electron chi connectivity index (χ0n) is 19.8. The molecular formula is C25H35IN6O. The van der Waals surface area contributed by atoms with Crippen molar-refractivity contribution in [2.75, 3.05) is 45.2 Å². The van der Waals surface area contributed by atoms with E-state index >= 15 is 0 Å². The van der Waals surface area contributed by atoms with Gasteiger partial charge in [0.05, 0.1) is 18.1 Å². The van der Waals surface area contributed by atoms with Crippen molar-refractivity contribution < 1.29 is 4.74 Å². The van der Waals surface area contributed by atoms with Gasteiger partial charge in [-0.1, -0.05) is 18.2 Å². The molecule has 1 aliphatic rings. The molecule has 1 aliphatic heterocycles. The summed E-state index contributed by atoms with van der Waals surface area (Å²) in [7, 11) is 3.55. The molecule has 1 atom stereocenters. The minimum atomic E-state index is 0. The molecule has 4 rings (SSSR count). The number of aromatic nitrogens is 2. The van der Waals surface area contributed by atoms with Gasteiger partial charge in [-0.2, -0.15) is 0 Å². The topological polar surface area (TPSA) is 66.7 Å². The lowest BCUT2D eigenvalue weighted by Crippen LogP contribution is -2.40. The lowest BCUT2D eigenvalue weighted by atomic mass is 10.1. The number of hydrogen-bond donors (Lipinski definition) is 2. The van der Waals surface area contributed by atoms with Gasteiger partial charge in [0, 0.05) is 51.5 Å². The maximum absolute atomic E-state index is 5.36. The van der Waals surface area contributed by atoms with Crippen molar-refractivity contribution in [3.8, 4) is 5.75 Å². The molecule has 0 saturated carbocycles. The molecule has 33 heavy (non-hydrogen) atoms. The Balaban J connectivity index is 0.00000306. The summed E-state index contributed by atoms with van der Waals surface area (Å²) in [6, 6.07) is 16.6. The number of imidazole rings is 1. The summed E-state index contributed by atoms with van der Waals surface area (Å²) < 4.78 is 7.66. The van der Waals surface area contributed by atoms with E-state index < -0.39 is 0 Å². The third kappa shape index (κ3) is 6.31. The van der Waals surface area contributed by atoms with Crippen molar-refractivity contribution >= 4 is 46.7 Å². The first kappa shape index (κ1) is 25.1. The number of nitrogens with zero attached hydrogens (tertiary/aromatic N) is 4. The van der Waals surface area contributed by atoms with Crippen LogP contribution in [0.15, 0.2) is 53.5 Å². The Labute approximate surface area is 213 Å². The van der Waals surface area contributed by atoms with E-state index in [2.05, 4.69) is 73.4 Å². The number of aliphatic imine (C=N–C) groups is 1. The summed E-state index contributed by atoms with van der Waals surface area (Å²) >= 11 is 0. The monoisotopic (exact) mass is 562 g/mol. The minimum absolute atomic E-state index is 0. The lowest BCUT2D eigenvalue weighted by Gasteiger charge is -2.20. The number of nitrogens with one attached hydrogen (secondary N) is 2. The fraction of sp³-hybridized carbons (Fsp3) is 0.440. The van der Waals surface area contributed by atoms with Crippen LogP contribution < -0.4 is 20.3 Å². The van der Waals surface area contributed by atoms with Gasteiger partial charge >= 0.3 is 0 Å². The second kappa shape index (κ2) is 12.1. The van der Waals surface area contributed by atoms with Crippen LogP contribution in [0.2, 0.25) is 0 Å². The molecule has 2 heterocycles. The minimum Gasteiger partial charge on any atom is -0.497 e. The van der Waals surface area contributed by atoms with E-state index in [-0.39, 0.29) is 24.0 Å². The first-order valence-electron chi connectivity index (χ1n) is 11.4. The predicted molar refractivity (Wildman–Crippen MR) is 147 cm³/mol. The average Bonchev–Trinajstić information content (AvgIpc) is 3.43. The summed E-state index contributed by atoms with van der Waals surface area (Å²) in [5.41, 5.74) is 3.50. The second-order valence-corrected chi connectivity index (χ2v) is 8.34. The number of anilines is 1. The normalized spacial score (nSPS) is 16.0. The molecule has 1 unspecified atom stereocenters. The SMILES string of the molecule is CN=C(NCCCn1c(C)nc2ccccc21)NCC1CCN(c2cccc(OC)c2)C1.I. The van der Waals surface area contributed by atoms with E-state index in [9.17, 15) is 0 Å². The van der Waals surface area contributed by atoms with Crippen LogP contribution in [0.25, 0.3) is 11.0 Å². The molecule has 1 aromatic heterocycles. The summed E-state index contributed by atoms with van der Waals surface area (Å²) in [5, 5.41) is 6.97. The summed E-state index contributed by atoms with van der Waals surface area (Å²) in [6.45, 7) is 6.92. The smallest absolute Gasteiger partial charge is 0.190 e. The van der Waals surface area contributed by atoms with Crippen molar-refractivity contribution in [1.82, 2.24) is 20.2 Å². The van der Waals surface area contributed by atoms with Gasteiger partial charge < -0.3 is 24.8 Å². The largest absolute Gasteiger partial charge is 0.497 e. The third-order valence-electron chi connectivity index (χ3n) is 6.18. The van der Waals surface area contributed by atoms with Gasteiger partial charge in [-0.25, -0.2) is 4.98 Å². The van der Waals surface area contributed by atoms with Crippen LogP contribution in [0.3, 0.4) is 0 Å². The van der Waals surface area contributed by atoms with Gasteiger partial charge in [-0.3, -0.25) is 4.99 Å². The van der Waals surface area contributed by atoms with Crippen molar-refractivity contribution in [2.45, 2.75) is 26.3 Å². The molecule has 0 spiro atoms. The average molecular weight is 563 g/mol. The fourth-order valence-corrected chi connectivity index (χ4v) is 4.42. The molecule has 7 nitrogen and oxygen atoms in total. The van der Waals surface area contributed by atoms with Gasteiger partial charge in [0.25, 0.3) is 0 Å². The summed E-state index contributed by atoms with van der Waals surface area (Å²) in [4.78, 5) is 11.5. The number of halogens is 1. The zero-order chi connectivity index (χ0) is 22.3. The van der Waals surface area contributed by atoms with E-state index in [1.807, 2.05) is 19.2 Å². The fourth-order valence-electron chi connectivity index (χ4n) is 4.42. The molecule has 3 aromatic rings. The Hall–Kier alpha value is -2.49. The van der Waals surface area contributed by atoms with Crippen LogP contribution >= 0.6 is 24.0 Å². The van der Waals surface area contributed by atoms with Gasteiger partial charge in [-0.15, -0.1) is 24.0 Å². The highest BCUT2D eigenvalue weighted by Gasteiger charge is 2.23. The van der Waals surface area contributed by atoms with Crippen LogP contribution in [0.5, 0.6) is 5.75 Å². The van der Waals surface area contributed by atoms with E-state index in [1.165, 1.54) is 17.6 Å². The number of hydrogen-bond acceptors (Lipinski definition) is 4. The molecule has 0 bridgehead atoms. The molecule has 0 radical (unpaired) electrons. The summed E-state index contributed by atoms with van der Waals surface area (Å²) in [6.07, 6.45) is 2.18. The molecule has 2 aromatic carbocycles. The molecule has 1 fully saturated rings. The number of fused-ring (bicyclic) bond motifs is 1. The quantitative estimate of drug-likeness (QED) is 0.188. The molecular weight excluding hydrogens is 527 g/mol. The number of para-hydroxylation sites is 2. The van der Waals surface area contributed by atoms with E-state index in [4.69, 9.17) is 4.74 Å². The molecule has 8 heteroatoms. The highest BCUT2D eigenvalue weighted by atomic mass is 127. The Morgan fingerprint density at radius 3 is 2.85 bits per heavy atom. The third-order valence-corrected chi connectivity index (χ3v) is 6.18. The number of methoxy groups -OCH3 is 1. The number of benzene rings is 2. The Morgan fingerprint density at radius 2 is 2.03 bits per heavy atom. The number of ether oxygens (including phenoxy) is 1. The van der Waals surface area contributed by atoms with Gasteiger partial charge in [-0.05, 0) is 49.9 Å². The van der Waals surface area contributed by atoms with E-state index in [0.717, 1.165) is 62.2 Å². The van der Waals surface area contributed by atoms with E-state index in [1.54, 1.807) is 7.11 Å². The Morgan fingerprint density at radius 1 is 1.18 bits per heavy atom. The maximum Gasteiger partial charge on any atom is 0.190 e. The predicted octanol–water partition coefficient (Wildman–Crippen LogP) is 4.05. The number of aryl methyl sites for hydroxylation is 2. The van der Waals surface area contributed by atoms with E-state index in [0.29, 0.717) is 5.92 Å². The second-order valence-electron chi connectivity index (χ2n) is 8.34. The van der Waals surface area contributed by atoms with Crippen molar-refractivity contribution in [2.24, 2.45) is 10.9 Å². The molecule has 1 saturated heterocycles. The van der Waals surface area contributed by atoms with Gasteiger partial charge in [0.2, 0.25) is 0 Å². The van der Waals surface area contributed by atoms with Gasteiger partial charge in [0.1, 0.15) is 11.6 Å². The van der Waals surface area contributed by atoms with Crippen LogP contribution in [-0.2, 0) is 6.54 Å². The number of rotatable bonds is 8. The van der Waals surface area contributed by atoms with Crippen molar-refractivity contribution in [1.29, 1.82) is 0 Å². The molecule has 0 aliphatic carbocycles. The first-order chi connectivity index (χ1) is 15.7. The van der Waals surface area contributed by atoms with Crippen molar-refractivity contribution in [3.05, 3.63) is 54.4 Å². The lowest BCUT2D eigenvalue weighted by molar-refractivity contribution is 0.415. The Kier molecular flexibility index (Phi) is 9.22. The number of guanidine groups is 1. The summed E-state index contributed by atoms with van der Waals surface area (Å²) in [5.74, 6) is 3.44. The van der Waals surface area contributed by atoms with Crippen LogP contribution in [0, 0.1) is 12.8 Å². The standard InChI is InChI=1S/C25H34N6O.HI/c1-19-29-23-10-4-5-11-24(23)31(19)14-7-13-27-25(26-2)28-17-20-12-15-30(18-20)21-8-6-9-22(16-21)32-3;/h4-6,8-11,16,20H,7,12-15,17-18H2,1-3H3,(H2,26,27,28);1H. The highest BCUT2D eigenvalue weighted by molar-refractivity contribution is 14.0. The van der Waals surface area contributed by atoms with Gasteiger partial charge in [0.15, 0.2) is 5.96 Å². The van der Waals surface area contributed by atoms with Crippen LogP contribution in [0.4, 0.5) is 5.69 Å². The zero-order valence-corrected chi connectivity index (χ0v) is 22.1. The molecule has 0 amide bonds.